The van der Waals surface area contributed by atoms with Crippen molar-refractivity contribution < 1.29 is 9.50 Å². The molecule has 0 rings (SSSR count). The molecule has 0 saturated heterocycles. The van der Waals surface area contributed by atoms with Gasteiger partial charge in [0.2, 0.25) is 5.85 Å². The molecule has 50 valence electrons. The van der Waals surface area contributed by atoms with E-state index in [-0.39, 0.29) is 0 Å². The number of alkyl halides is 1. The van der Waals surface area contributed by atoms with Crippen LogP contribution in [0.15, 0.2) is 0 Å². The molecule has 8 heavy (non-hydrogen) atoms. The summed E-state index contributed by atoms with van der Waals surface area (Å²) in [6, 6.07) is 0. The highest BCUT2D eigenvalue weighted by Gasteiger charge is 2.34. The van der Waals surface area contributed by atoms with Crippen LogP contribution in [0.5, 0.6) is 0 Å². The van der Waals surface area contributed by atoms with E-state index in [1.165, 1.54) is 0 Å². The predicted molar refractivity (Wildman–Crippen MR) is 31.2 cm³/mol. The summed E-state index contributed by atoms with van der Waals surface area (Å²) in [4.78, 5) is 0. The minimum atomic E-state index is -2.06. The van der Waals surface area contributed by atoms with Crippen molar-refractivity contribution in [2.24, 2.45) is 5.41 Å². The Morgan fingerprint density at radius 3 is 1.25 bits per heavy atom. The summed E-state index contributed by atoms with van der Waals surface area (Å²) < 4.78 is 12.5. The Morgan fingerprint density at radius 2 is 1.25 bits per heavy atom. The van der Waals surface area contributed by atoms with Gasteiger partial charge in [0.1, 0.15) is 0 Å². The van der Waals surface area contributed by atoms with E-state index in [0.717, 1.165) is 6.92 Å². The quantitative estimate of drug-likeness (QED) is 0.516. The third-order valence-corrected chi connectivity index (χ3v) is 1.37. The molecule has 0 bridgehead atoms. The van der Waals surface area contributed by atoms with Crippen molar-refractivity contribution in [3.8, 4) is 0 Å². The lowest BCUT2D eigenvalue weighted by Crippen LogP contribution is -2.34. The summed E-state index contributed by atoms with van der Waals surface area (Å²) in [5, 5.41) is 8.69. The van der Waals surface area contributed by atoms with Gasteiger partial charge in [-0.25, -0.2) is 4.39 Å². The highest BCUT2D eigenvalue weighted by molar-refractivity contribution is 4.74. The maximum Gasteiger partial charge on any atom is 0.208 e. The SMILES string of the molecule is CC(C)(C)C(C)(O)F. The smallest absolute Gasteiger partial charge is 0.208 e. The van der Waals surface area contributed by atoms with Crippen molar-refractivity contribution in [2.45, 2.75) is 33.5 Å². The van der Waals surface area contributed by atoms with Gasteiger partial charge < -0.3 is 5.11 Å². The third-order valence-electron chi connectivity index (χ3n) is 1.37. The summed E-state index contributed by atoms with van der Waals surface area (Å²) in [5.41, 5.74) is -0.674. The average Bonchev–Trinajstić information content (AvgIpc) is 1.25. The zero-order valence-electron chi connectivity index (χ0n) is 5.83. The van der Waals surface area contributed by atoms with Gasteiger partial charge in [-0.2, -0.15) is 0 Å². The fourth-order valence-corrected chi connectivity index (χ4v) is 0. The summed E-state index contributed by atoms with van der Waals surface area (Å²) in [6.07, 6.45) is 0. The van der Waals surface area contributed by atoms with E-state index in [2.05, 4.69) is 0 Å². The summed E-state index contributed by atoms with van der Waals surface area (Å²) in [6.45, 7) is 6.10. The second-order valence-corrected chi connectivity index (χ2v) is 3.20. The molecule has 1 nitrogen and oxygen atoms in total. The molecule has 0 fully saturated rings. The molecule has 0 aromatic rings. The number of rotatable bonds is 0. The summed E-state index contributed by atoms with van der Waals surface area (Å²) in [7, 11) is 0. The largest absolute Gasteiger partial charge is 0.362 e. The molecule has 0 radical (unpaired) electrons. The molecule has 0 aliphatic carbocycles. The van der Waals surface area contributed by atoms with Crippen LogP contribution in [0.25, 0.3) is 0 Å². The van der Waals surface area contributed by atoms with Crippen molar-refractivity contribution in [1.82, 2.24) is 0 Å². The predicted octanol–water partition coefficient (Wildman–Crippen LogP) is 1.71. The van der Waals surface area contributed by atoms with Gasteiger partial charge in [0.25, 0.3) is 0 Å². The average molecular weight is 120 g/mol. The fourth-order valence-electron chi connectivity index (χ4n) is 0. The van der Waals surface area contributed by atoms with Crippen molar-refractivity contribution in [3.63, 3.8) is 0 Å². The van der Waals surface area contributed by atoms with E-state index < -0.39 is 11.3 Å². The summed E-state index contributed by atoms with van der Waals surface area (Å²) in [5.74, 6) is -2.06. The minimum Gasteiger partial charge on any atom is -0.362 e. The van der Waals surface area contributed by atoms with E-state index in [1.54, 1.807) is 20.8 Å². The molecule has 0 aromatic heterocycles. The van der Waals surface area contributed by atoms with Gasteiger partial charge in [-0.05, 0) is 6.92 Å². The molecule has 0 aliphatic heterocycles. The molecule has 0 amide bonds. The fraction of sp³-hybridized carbons (Fsp3) is 1.00. The normalized spacial score (nSPS) is 20.2. The zero-order valence-corrected chi connectivity index (χ0v) is 5.83. The Balaban J connectivity index is 4.02. The van der Waals surface area contributed by atoms with Gasteiger partial charge in [0.15, 0.2) is 0 Å². The maximum absolute atomic E-state index is 12.5. The van der Waals surface area contributed by atoms with Gasteiger partial charge in [-0.3, -0.25) is 0 Å². The lowest BCUT2D eigenvalue weighted by atomic mass is 9.88. The van der Waals surface area contributed by atoms with Crippen LogP contribution in [0.4, 0.5) is 4.39 Å². The number of hydrogen-bond donors (Lipinski definition) is 1. The Morgan fingerprint density at radius 1 is 1.12 bits per heavy atom. The van der Waals surface area contributed by atoms with Crippen LogP contribution in [0.3, 0.4) is 0 Å². The Labute approximate surface area is 49.5 Å². The van der Waals surface area contributed by atoms with Gasteiger partial charge in [0, 0.05) is 5.41 Å². The Hall–Kier alpha value is -0.110. The first kappa shape index (κ1) is 7.89. The molecular formula is C6H13FO. The first-order chi connectivity index (χ1) is 3.25. The number of hydrogen-bond acceptors (Lipinski definition) is 1. The lowest BCUT2D eigenvalue weighted by molar-refractivity contribution is -0.151. The number of aliphatic hydroxyl groups is 1. The maximum atomic E-state index is 12.5. The molecular weight excluding hydrogens is 107 g/mol. The van der Waals surface area contributed by atoms with Gasteiger partial charge >= 0.3 is 0 Å². The van der Waals surface area contributed by atoms with Crippen LogP contribution in [0, 0.1) is 5.41 Å². The van der Waals surface area contributed by atoms with Gasteiger partial charge in [0.05, 0.1) is 0 Å². The van der Waals surface area contributed by atoms with Gasteiger partial charge in [-0.15, -0.1) is 0 Å². The van der Waals surface area contributed by atoms with Crippen LogP contribution < -0.4 is 0 Å². The molecule has 1 atom stereocenters. The first-order valence-electron chi connectivity index (χ1n) is 2.66. The van der Waals surface area contributed by atoms with Crippen molar-refractivity contribution in [3.05, 3.63) is 0 Å². The van der Waals surface area contributed by atoms with E-state index >= 15 is 0 Å². The molecule has 0 spiro atoms. The van der Waals surface area contributed by atoms with E-state index in [4.69, 9.17) is 5.11 Å². The van der Waals surface area contributed by atoms with E-state index in [1.807, 2.05) is 0 Å². The van der Waals surface area contributed by atoms with Crippen molar-refractivity contribution in [2.75, 3.05) is 0 Å². The molecule has 1 N–H and O–H groups in total. The molecule has 1 unspecified atom stereocenters. The highest BCUT2D eigenvalue weighted by atomic mass is 19.2. The molecule has 0 aliphatic rings. The highest BCUT2D eigenvalue weighted by Crippen LogP contribution is 2.30. The van der Waals surface area contributed by atoms with Crippen molar-refractivity contribution >= 4 is 0 Å². The number of halogens is 1. The van der Waals surface area contributed by atoms with Crippen LogP contribution in [0.2, 0.25) is 0 Å². The van der Waals surface area contributed by atoms with Crippen LogP contribution in [-0.4, -0.2) is 11.0 Å². The second-order valence-electron chi connectivity index (χ2n) is 3.20. The topological polar surface area (TPSA) is 20.2 Å². The van der Waals surface area contributed by atoms with Crippen LogP contribution in [-0.2, 0) is 0 Å². The van der Waals surface area contributed by atoms with Crippen molar-refractivity contribution in [1.29, 1.82) is 0 Å². The zero-order chi connectivity index (χ0) is 7.00. The molecule has 2 heteroatoms. The van der Waals surface area contributed by atoms with E-state index in [9.17, 15) is 4.39 Å². The third kappa shape index (κ3) is 1.78. The molecule has 0 saturated carbocycles. The monoisotopic (exact) mass is 120 g/mol. The van der Waals surface area contributed by atoms with Gasteiger partial charge in [-0.1, -0.05) is 20.8 Å². The van der Waals surface area contributed by atoms with E-state index in [0.29, 0.717) is 0 Å². The molecule has 0 aromatic carbocycles. The minimum absolute atomic E-state index is 0.674. The molecule has 0 heterocycles. The Bertz CT molecular complexity index is 63.5. The standard InChI is InChI=1S/C6H13FO/c1-5(2,3)6(4,7)8/h8H,1-4H3. The first-order valence-corrected chi connectivity index (χ1v) is 2.66. The lowest BCUT2D eigenvalue weighted by Gasteiger charge is -2.28. The summed E-state index contributed by atoms with van der Waals surface area (Å²) >= 11 is 0. The van der Waals surface area contributed by atoms with Crippen LogP contribution >= 0.6 is 0 Å². The Kier molecular flexibility index (Phi) is 1.67. The second kappa shape index (κ2) is 1.69. The van der Waals surface area contributed by atoms with Crippen LogP contribution in [0.1, 0.15) is 27.7 Å².